The summed E-state index contributed by atoms with van der Waals surface area (Å²) < 4.78 is 27.1. The van der Waals surface area contributed by atoms with Crippen LogP contribution in [0, 0.1) is 17.0 Å². The highest BCUT2D eigenvalue weighted by Crippen LogP contribution is 2.25. The molecular formula is C11H13N5O4S. The second-order valence-electron chi connectivity index (χ2n) is 4.37. The summed E-state index contributed by atoms with van der Waals surface area (Å²) in [7, 11) is -3.91. The second-order valence-corrected chi connectivity index (χ2v) is 6.05. The largest absolute Gasteiger partial charge is 0.273 e. The number of aromatic nitrogens is 3. The molecule has 0 aliphatic heterocycles. The monoisotopic (exact) mass is 311 g/mol. The number of nitrogens with one attached hydrogen (secondary N) is 2. The highest BCUT2D eigenvalue weighted by atomic mass is 32.2. The van der Waals surface area contributed by atoms with Crippen LogP contribution in [0.25, 0.3) is 0 Å². The maximum absolute atomic E-state index is 12.3. The molecule has 10 heteroatoms. The Morgan fingerprint density at radius 3 is 2.71 bits per heavy atom. The maximum atomic E-state index is 12.3. The Kier molecular flexibility index (Phi) is 4.00. The van der Waals surface area contributed by atoms with Crippen molar-refractivity contribution < 1.29 is 13.3 Å². The third-order valence-corrected chi connectivity index (χ3v) is 4.60. The van der Waals surface area contributed by atoms with Crippen molar-refractivity contribution in [1.29, 1.82) is 0 Å². The Labute approximate surface area is 120 Å². The summed E-state index contributed by atoms with van der Waals surface area (Å²) in [4.78, 5) is 14.0. The van der Waals surface area contributed by atoms with Gasteiger partial charge in [-0.3, -0.25) is 15.2 Å². The van der Waals surface area contributed by atoms with Gasteiger partial charge in [0.1, 0.15) is 12.2 Å². The summed E-state index contributed by atoms with van der Waals surface area (Å²) in [6.07, 6.45) is 1.26. The van der Waals surface area contributed by atoms with E-state index in [-0.39, 0.29) is 16.1 Å². The van der Waals surface area contributed by atoms with Crippen LogP contribution in [0.1, 0.15) is 24.4 Å². The molecule has 2 N–H and O–H groups in total. The maximum Gasteiger partial charge on any atom is 0.273 e. The van der Waals surface area contributed by atoms with E-state index in [2.05, 4.69) is 19.9 Å². The van der Waals surface area contributed by atoms with Crippen LogP contribution in [0.15, 0.2) is 29.4 Å². The topological polar surface area (TPSA) is 131 Å². The molecule has 1 aromatic carbocycles. The van der Waals surface area contributed by atoms with Gasteiger partial charge in [-0.2, -0.15) is 5.10 Å². The number of benzene rings is 1. The Bertz CT molecular complexity index is 757. The quantitative estimate of drug-likeness (QED) is 0.627. The Hall–Kier alpha value is -2.33. The fraction of sp³-hybridized carbons (Fsp3) is 0.273. The van der Waals surface area contributed by atoms with Crippen LogP contribution < -0.4 is 4.72 Å². The molecule has 21 heavy (non-hydrogen) atoms. The number of aromatic amines is 1. The molecule has 1 unspecified atom stereocenters. The lowest BCUT2D eigenvalue weighted by Gasteiger charge is -2.13. The minimum absolute atomic E-state index is 0.0831. The molecule has 0 saturated carbocycles. The smallest absolute Gasteiger partial charge is 0.262 e. The van der Waals surface area contributed by atoms with Crippen LogP contribution in [-0.4, -0.2) is 28.5 Å². The molecule has 0 amide bonds. The van der Waals surface area contributed by atoms with Gasteiger partial charge in [-0.1, -0.05) is 6.07 Å². The molecule has 0 aliphatic carbocycles. The number of nitrogens with zero attached hydrogens (tertiary/aromatic N) is 3. The van der Waals surface area contributed by atoms with Gasteiger partial charge >= 0.3 is 0 Å². The zero-order valence-corrected chi connectivity index (χ0v) is 12.1. The Morgan fingerprint density at radius 1 is 1.43 bits per heavy atom. The molecule has 1 heterocycles. The molecule has 0 bridgehead atoms. The lowest BCUT2D eigenvalue weighted by molar-refractivity contribution is -0.385. The number of rotatable bonds is 5. The van der Waals surface area contributed by atoms with Crippen LogP contribution in [0.2, 0.25) is 0 Å². The molecule has 0 fully saturated rings. The second kappa shape index (κ2) is 5.58. The molecule has 9 nitrogen and oxygen atoms in total. The summed E-state index contributed by atoms with van der Waals surface area (Å²) in [5.74, 6) is 0.349. The van der Waals surface area contributed by atoms with Crippen LogP contribution in [-0.2, 0) is 10.0 Å². The number of nitro benzene ring substituents is 1. The van der Waals surface area contributed by atoms with E-state index in [9.17, 15) is 18.5 Å². The van der Waals surface area contributed by atoms with E-state index in [1.54, 1.807) is 6.92 Å². The first-order chi connectivity index (χ1) is 9.83. The first kappa shape index (κ1) is 15.1. The average molecular weight is 311 g/mol. The van der Waals surface area contributed by atoms with Gasteiger partial charge in [-0.15, -0.1) is 0 Å². The molecule has 0 aliphatic rings. The van der Waals surface area contributed by atoms with Crippen molar-refractivity contribution in [3.05, 3.63) is 46.0 Å². The lowest BCUT2D eigenvalue weighted by Crippen LogP contribution is -2.28. The van der Waals surface area contributed by atoms with E-state index in [1.807, 2.05) is 0 Å². The number of sulfonamides is 1. The van der Waals surface area contributed by atoms with E-state index in [1.165, 1.54) is 31.5 Å². The van der Waals surface area contributed by atoms with Gasteiger partial charge in [0.15, 0.2) is 0 Å². The van der Waals surface area contributed by atoms with Crippen molar-refractivity contribution >= 4 is 15.7 Å². The van der Waals surface area contributed by atoms with Crippen LogP contribution in [0.4, 0.5) is 5.69 Å². The summed E-state index contributed by atoms with van der Waals surface area (Å²) in [5, 5.41) is 17.1. The average Bonchev–Trinajstić information content (AvgIpc) is 2.91. The van der Waals surface area contributed by atoms with E-state index in [4.69, 9.17) is 0 Å². The normalized spacial score (nSPS) is 13.0. The van der Waals surface area contributed by atoms with Crippen LogP contribution in [0.5, 0.6) is 0 Å². The van der Waals surface area contributed by atoms with Gasteiger partial charge in [0, 0.05) is 11.6 Å². The fourth-order valence-electron chi connectivity index (χ4n) is 1.87. The minimum atomic E-state index is -3.91. The van der Waals surface area contributed by atoms with Gasteiger partial charge in [-0.25, -0.2) is 18.1 Å². The lowest BCUT2D eigenvalue weighted by atomic mass is 10.2. The van der Waals surface area contributed by atoms with Crippen molar-refractivity contribution in [3.8, 4) is 0 Å². The molecule has 0 saturated heterocycles. The number of hydrogen-bond acceptors (Lipinski definition) is 6. The van der Waals surface area contributed by atoms with Crippen molar-refractivity contribution in [3.63, 3.8) is 0 Å². The third kappa shape index (κ3) is 3.06. The standard InChI is InChI=1S/C11H13N5O4S/c1-7-9(16(17)18)4-3-5-10(7)21(19,20)15-8(2)11-12-6-13-14-11/h3-6,8,15H,1-2H3,(H,12,13,14). The third-order valence-electron chi connectivity index (χ3n) is 2.92. The number of nitro groups is 1. The summed E-state index contributed by atoms with van der Waals surface area (Å²) in [6.45, 7) is 2.98. The van der Waals surface area contributed by atoms with Crippen molar-refractivity contribution in [1.82, 2.24) is 19.9 Å². The first-order valence-corrected chi connectivity index (χ1v) is 7.43. The van der Waals surface area contributed by atoms with E-state index in [0.29, 0.717) is 5.82 Å². The molecule has 0 spiro atoms. The number of H-pyrrole nitrogens is 1. The highest BCUT2D eigenvalue weighted by Gasteiger charge is 2.25. The first-order valence-electron chi connectivity index (χ1n) is 5.94. The molecule has 2 rings (SSSR count). The fourth-order valence-corrected chi connectivity index (χ4v) is 3.34. The van der Waals surface area contributed by atoms with Gasteiger partial charge in [0.2, 0.25) is 10.0 Å². The van der Waals surface area contributed by atoms with Gasteiger partial charge in [0.05, 0.1) is 15.9 Å². The highest BCUT2D eigenvalue weighted by molar-refractivity contribution is 7.89. The minimum Gasteiger partial charge on any atom is -0.262 e. The van der Waals surface area contributed by atoms with E-state index in [0.717, 1.165) is 0 Å². The Morgan fingerprint density at radius 2 is 2.14 bits per heavy atom. The van der Waals surface area contributed by atoms with Crippen molar-refractivity contribution in [2.45, 2.75) is 24.8 Å². The zero-order valence-electron chi connectivity index (χ0n) is 11.3. The summed E-state index contributed by atoms with van der Waals surface area (Å²) >= 11 is 0. The zero-order chi connectivity index (χ0) is 15.6. The van der Waals surface area contributed by atoms with Gasteiger partial charge in [-0.05, 0) is 19.9 Å². The predicted octanol–water partition coefficient (Wildman–Crippen LogP) is 1.06. The van der Waals surface area contributed by atoms with Crippen LogP contribution >= 0.6 is 0 Å². The summed E-state index contributed by atoms with van der Waals surface area (Å²) in [5.41, 5.74) is -0.162. The van der Waals surface area contributed by atoms with Gasteiger partial charge < -0.3 is 0 Å². The van der Waals surface area contributed by atoms with E-state index < -0.39 is 21.0 Å². The molecule has 1 aromatic heterocycles. The Balaban J connectivity index is 2.36. The molecule has 0 radical (unpaired) electrons. The molecular weight excluding hydrogens is 298 g/mol. The molecule has 1 atom stereocenters. The van der Waals surface area contributed by atoms with Crippen molar-refractivity contribution in [2.75, 3.05) is 0 Å². The van der Waals surface area contributed by atoms with Crippen LogP contribution in [0.3, 0.4) is 0 Å². The van der Waals surface area contributed by atoms with Crippen molar-refractivity contribution in [2.24, 2.45) is 0 Å². The summed E-state index contributed by atoms with van der Waals surface area (Å²) in [6, 6.07) is 3.27. The number of hydrogen-bond donors (Lipinski definition) is 2. The SMILES string of the molecule is Cc1c([N+](=O)[O-])cccc1S(=O)(=O)NC(C)c1ncn[nH]1. The van der Waals surface area contributed by atoms with E-state index >= 15 is 0 Å². The molecule has 112 valence electrons. The predicted molar refractivity (Wildman–Crippen MR) is 73.0 cm³/mol. The molecule has 2 aromatic rings. The van der Waals surface area contributed by atoms with Gasteiger partial charge in [0.25, 0.3) is 5.69 Å².